The van der Waals surface area contributed by atoms with E-state index in [9.17, 15) is 19.5 Å². The van der Waals surface area contributed by atoms with Gasteiger partial charge in [0.1, 0.15) is 23.4 Å². The highest BCUT2D eigenvalue weighted by Crippen LogP contribution is 2.34. The number of alkyl carbamates (subject to hydrolysis) is 1. The molecule has 1 fully saturated rings. The van der Waals surface area contributed by atoms with Crippen LogP contribution in [-0.4, -0.2) is 51.1 Å². The molecule has 1 aromatic carbocycles. The van der Waals surface area contributed by atoms with Crippen LogP contribution in [0.2, 0.25) is 0 Å². The lowest BCUT2D eigenvalue weighted by molar-refractivity contribution is -0.150. The standard InChI is InChI=1S/C29H47N3O5/c1-9-29(7,8)32(26(35)23(19(2)3)31-27(36)37-28(4,5)6)24(20-15-17-22(33)18-16-20)25(34)30-21-13-11-10-12-14-21/h15-19,21,23-24,33H,9-14H2,1-8H3,(H,30,34)(H,31,36). The van der Waals surface area contributed by atoms with Gasteiger partial charge in [0.15, 0.2) is 0 Å². The first-order valence-electron chi connectivity index (χ1n) is 13.6. The molecule has 0 spiro atoms. The fraction of sp³-hybridized carbons (Fsp3) is 0.690. The zero-order chi connectivity index (χ0) is 28.0. The highest BCUT2D eigenvalue weighted by Gasteiger charge is 2.44. The van der Waals surface area contributed by atoms with Gasteiger partial charge in [-0.15, -0.1) is 0 Å². The number of carbonyl (C=O) groups excluding carboxylic acids is 3. The van der Waals surface area contributed by atoms with Crippen molar-refractivity contribution in [2.75, 3.05) is 0 Å². The van der Waals surface area contributed by atoms with Crippen LogP contribution in [0.1, 0.15) is 106 Å². The molecule has 0 saturated heterocycles. The van der Waals surface area contributed by atoms with Crippen molar-refractivity contribution < 1.29 is 24.2 Å². The Morgan fingerprint density at radius 2 is 1.59 bits per heavy atom. The van der Waals surface area contributed by atoms with Crippen molar-refractivity contribution in [3.63, 3.8) is 0 Å². The van der Waals surface area contributed by atoms with Crippen LogP contribution in [0.5, 0.6) is 5.75 Å². The topological polar surface area (TPSA) is 108 Å². The van der Waals surface area contributed by atoms with E-state index in [-0.39, 0.29) is 29.5 Å². The largest absolute Gasteiger partial charge is 0.508 e. The van der Waals surface area contributed by atoms with Gasteiger partial charge in [-0.1, -0.05) is 52.2 Å². The van der Waals surface area contributed by atoms with E-state index >= 15 is 0 Å². The van der Waals surface area contributed by atoms with E-state index in [1.807, 2.05) is 34.6 Å². The van der Waals surface area contributed by atoms with Crippen LogP contribution in [-0.2, 0) is 14.3 Å². The molecule has 1 aromatic rings. The lowest BCUT2D eigenvalue weighted by Gasteiger charge is -2.45. The Morgan fingerprint density at radius 1 is 1.03 bits per heavy atom. The third-order valence-corrected chi connectivity index (χ3v) is 7.03. The molecular formula is C29H47N3O5. The Bertz CT molecular complexity index is 914. The Balaban J connectivity index is 2.53. The predicted molar refractivity (Wildman–Crippen MR) is 145 cm³/mol. The Labute approximate surface area is 222 Å². The lowest BCUT2D eigenvalue weighted by atomic mass is 9.89. The van der Waals surface area contributed by atoms with Crippen LogP contribution < -0.4 is 10.6 Å². The molecule has 1 saturated carbocycles. The molecular weight excluding hydrogens is 470 g/mol. The summed E-state index contributed by atoms with van der Waals surface area (Å²) in [5, 5.41) is 15.9. The number of phenols is 1. The van der Waals surface area contributed by atoms with Gasteiger partial charge in [-0.25, -0.2) is 4.79 Å². The summed E-state index contributed by atoms with van der Waals surface area (Å²) in [7, 11) is 0. The summed E-state index contributed by atoms with van der Waals surface area (Å²) in [5.74, 6) is -0.789. The molecule has 2 atom stereocenters. The number of rotatable bonds is 9. The number of hydrogen-bond acceptors (Lipinski definition) is 5. The van der Waals surface area contributed by atoms with E-state index in [2.05, 4.69) is 10.6 Å². The van der Waals surface area contributed by atoms with Crippen LogP contribution in [0.25, 0.3) is 0 Å². The van der Waals surface area contributed by atoms with E-state index in [0.717, 1.165) is 32.1 Å². The Hall–Kier alpha value is -2.77. The van der Waals surface area contributed by atoms with Gasteiger partial charge in [-0.05, 0) is 77.5 Å². The van der Waals surface area contributed by atoms with E-state index < -0.39 is 29.3 Å². The van der Waals surface area contributed by atoms with Crippen LogP contribution in [0.15, 0.2) is 24.3 Å². The number of benzene rings is 1. The van der Waals surface area contributed by atoms with Crippen molar-refractivity contribution in [1.29, 1.82) is 0 Å². The number of hydrogen-bond donors (Lipinski definition) is 3. The third-order valence-electron chi connectivity index (χ3n) is 7.03. The summed E-state index contributed by atoms with van der Waals surface area (Å²) >= 11 is 0. The van der Waals surface area contributed by atoms with Gasteiger partial charge >= 0.3 is 6.09 Å². The molecule has 0 bridgehead atoms. The Morgan fingerprint density at radius 3 is 2.08 bits per heavy atom. The van der Waals surface area contributed by atoms with Crippen LogP contribution >= 0.6 is 0 Å². The summed E-state index contributed by atoms with van der Waals surface area (Å²) in [6.45, 7) is 14.8. The average molecular weight is 518 g/mol. The summed E-state index contributed by atoms with van der Waals surface area (Å²) < 4.78 is 5.44. The minimum atomic E-state index is -0.938. The van der Waals surface area contributed by atoms with Gasteiger partial charge in [-0.2, -0.15) is 0 Å². The van der Waals surface area contributed by atoms with Crippen molar-refractivity contribution in [1.82, 2.24) is 15.5 Å². The van der Waals surface area contributed by atoms with Gasteiger partial charge in [0, 0.05) is 11.6 Å². The van der Waals surface area contributed by atoms with Gasteiger partial charge in [0.05, 0.1) is 0 Å². The maximum absolute atomic E-state index is 14.3. The number of amides is 3. The first-order valence-corrected chi connectivity index (χ1v) is 13.6. The second kappa shape index (κ2) is 12.7. The number of nitrogens with zero attached hydrogens (tertiary/aromatic N) is 1. The lowest BCUT2D eigenvalue weighted by Crippen LogP contribution is -2.61. The number of aromatic hydroxyl groups is 1. The molecule has 1 aliphatic carbocycles. The molecule has 1 aliphatic rings. The third kappa shape index (κ3) is 8.64. The zero-order valence-electron chi connectivity index (χ0n) is 23.9. The minimum absolute atomic E-state index is 0.0586. The van der Waals surface area contributed by atoms with Crippen LogP contribution in [0, 0.1) is 5.92 Å². The summed E-state index contributed by atoms with van der Waals surface area (Å²) in [6, 6.07) is 4.63. The molecule has 8 nitrogen and oxygen atoms in total. The van der Waals surface area contributed by atoms with Gasteiger partial charge in [0.25, 0.3) is 0 Å². The summed E-state index contributed by atoms with van der Waals surface area (Å²) in [6.07, 6.45) is 5.01. The predicted octanol–water partition coefficient (Wildman–Crippen LogP) is 5.45. The number of phenolic OH excluding ortho intramolecular Hbond substituents is 1. The fourth-order valence-corrected chi connectivity index (χ4v) is 4.64. The highest BCUT2D eigenvalue weighted by atomic mass is 16.6. The van der Waals surface area contributed by atoms with Gasteiger partial charge in [-0.3, -0.25) is 9.59 Å². The smallest absolute Gasteiger partial charge is 0.408 e. The molecule has 2 rings (SSSR count). The summed E-state index contributed by atoms with van der Waals surface area (Å²) in [5.41, 5.74) is -0.835. The normalized spacial score (nSPS) is 16.6. The van der Waals surface area contributed by atoms with Gasteiger partial charge < -0.3 is 25.4 Å². The van der Waals surface area contributed by atoms with Crippen molar-refractivity contribution >= 4 is 17.9 Å². The van der Waals surface area contributed by atoms with Crippen molar-refractivity contribution in [3.8, 4) is 5.75 Å². The highest BCUT2D eigenvalue weighted by molar-refractivity contribution is 5.93. The van der Waals surface area contributed by atoms with Crippen LogP contribution in [0.3, 0.4) is 0 Å². The average Bonchev–Trinajstić information content (AvgIpc) is 2.80. The van der Waals surface area contributed by atoms with E-state index in [1.54, 1.807) is 37.8 Å². The molecule has 2 unspecified atom stereocenters. The number of ether oxygens (including phenoxy) is 1. The first-order chi connectivity index (χ1) is 17.2. The molecule has 37 heavy (non-hydrogen) atoms. The van der Waals surface area contributed by atoms with E-state index in [0.29, 0.717) is 12.0 Å². The number of carbonyl (C=O) groups is 3. The molecule has 3 N–H and O–H groups in total. The molecule has 0 aromatic heterocycles. The number of nitrogens with one attached hydrogen (secondary N) is 2. The molecule has 208 valence electrons. The molecule has 0 radical (unpaired) electrons. The minimum Gasteiger partial charge on any atom is -0.508 e. The quantitative estimate of drug-likeness (QED) is 0.404. The van der Waals surface area contributed by atoms with E-state index in [1.165, 1.54) is 12.1 Å². The SMILES string of the molecule is CCC(C)(C)N(C(=O)C(NC(=O)OC(C)(C)C)C(C)C)C(C(=O)NC1CCCCC1)c1ccc(O)cc1. The second-order valence-corrected chi connectivity index (χ2v) is 12.1. The zero-order valence-corrected chi connectivity index (χ0v) is 23.9. The van der Waals surface area contributed by atoms with Crippen molar-refractivity contribution in [2.45, 2.75) is 123 Å². The van der Waals surface area contributed by atoms with Crippen LogP contribution in [0.4, 0.5) is 4.79 Å². The fourth-order valence-electron chi connectivity index (χ4n) is 4.64. The first kappa shape index (κ1) is 30.5. The van der Waals surface area contributed by atoms with Gasteiger partial charge in [0.2, 0.25) is 11.8 Å². The maximum atomic E-state index is 14.3. The Kier molecular flexibility index (Phi) is 10.4. The van der Waals surface area contributed by atoms with Crippen molar-refractivity contribution in [2.24, 2.45) is 5.92 Å². The maximum Gasteiger partial charge on any atom is 0.408 e. The molecule has 3 amide bonds. The summed E-state index contributed by atoms with van der Waals surface area (Å²) in [4.78, 5) is 42.5. The molecule has 0 aliphatic heterocycles. The van der Waals surface area contributed by atoms with Crippen molar-refractivity contribution in [3.05, 3.63) is 29.8 Å². The molecule has 0 heterocycles. The monoisotopic (exact) mass is 517 g/mol. The van der Waals surface area contributed by atoms with E-state index in [4.69, 9.17) is 4.74 Å². The second-order valence-electron chi connectivity index (χ2n) is 12.1. The molecule has 8 heteroatoms.